The highest BCUT2D eigenvalue weighted by Gasteiger charge is 2.03. The maximum absolute atomic E-state index is 10.8. The van der Waals surface area contributed by atoms with Crippen LogP contribution in [-0.2, 0) is 6.42 Å². The summed E-state index contributed by atoms with van der Waals surface area (Å²) >= 11 is 3.45. The lowest BCUT2D eigenvalue weighted by Crippen LogP contribution is -1.95. The predicted molar refractivity (Wildman–Crippen MR) is 72.1 cm³/mol. The Kier molecular flexibility index (Phi) is 4.23. The van der Waals surface area contributed by atoms with Crippen molar-refractivity contribution >= 4 is 29.1 Å². The van der Waals surface area contributed by atoms with Gasteiger partial charge in [-0.25, -0.2) is 4.79 Å². The molecule has 2 rings (SSSR count). The van der Waals surface area contributed by atoms with Gasteiger partial charge >= 0.3 is 5.97 Å². The van der Waals surface area contributed by atoms with E-state index in [4.69, 9.17) is 5.11 Å². The zero-order chi connectivity index (χ0) is 12.1. The molecule has 4 heteroatoms. The molecule has 0 unspecified atom stereocenters. The monoisotopic (exact) mass is 264 g/mol. The standard InChI is InChI=1S/C13H12O2S2/c14-13(15)10-3-1-4-12(9-10)17-8-6-11-5-2-7-16-11/h1-5,7,9H,6,8H2,(H,14,15). The first-order valence-corrected chi connectivity index (χ1v) is 7.11. The number of hydrogen-bond donors (Lipinski definition) is 1. The van der Waals surface area contributed by atoms with Gasteiger partial charge in [0, 0.05) is 15.5 Å². The number of carboxylic acid groups (broad SMARTS) is 1. The molecule has 0 atom stereocenters. The second-order valence-corrected chi connectivity index (χ2v) is 5.71. The summed E-state index contributed by atoms with van der Waals surface area (Å²) in [6.45, 7) is 0. The molecule has 88 valence electrons. The zero-order valence-corrected chi connectivity index (χ0v) is 10.8. The van der Waals surface area contributed by atoms with Crippen molar-refractivity contribution in [2.45, 2.75) is 11.3 Å². The van der Waals surface area contributed by atoms with Gasteiger partial charge < -0.3 is 5.11 Å². The molecule has 17 heavy (non-hydrogen) atoms. The van der Waals surface area contributed by atoms with Gasteiger partial charge in [-0.15, -0.1) is 23.1 Å². The Balaban J connectivity index is 1.90. The summed E-state index contributed by atoms with van der Waals surface area (Å²) in [4.78, 5) is 13.2. The molecule has 0 saturated carbocycles. The SMILES string of the molecule is O=C(O)c1cccc(SCCc2cccs2)c1. The third-order valence-corrected chi connectivity index (χ3v) is 4.21. The molecule has 1 N–H and O–H groups in total. The first kappa shape index (κ1) is 12.2. The maximum atomic E-state index is 10.8. The smallest absolute Gasteiger partial charge is 0.335 e. The van der Waals surface area contributed by atoms with Crippen molar-refractivity contribution in [2.24, 2.45) is 0 Å². The number of rotatable bonds is 5. The Hall–Kier alpha value is -1.26. The molecule has 0 fully saturated rings. The Morgan fingerprint density at radius 1 is 1.29 bits per heavy atom. The summed E-state index contributed by atoms with van der Waals surface area (Å²) in [6.07, 6.45) is 1.03. The van der Waals surface area contributed by atoms with Crippen LogP contribution < -0.4 is 0 Å². The fourth-order valence-corrected chi connectivity index (χ4v) is 3.22. The minimum atomic E-state index is -0.870. The predicted octanol–water partition coefficient (Wildman–Crippen LogP) is 3.78. The first-order valence-electron chi connectivity index (χ1n) is 5.24. The van der Waals surface area contributed by atoms with Gasteiger partial charge in [0.05, 0.1) is 5.56 Å². The lowest BCUT2D eigenvalue weighted by molar-refractivity contribution is 0.0696. The maximum Gasteiger partial charge on any atom is 0.335 e. The van der Waals surface area contributed by atoms with Crippen molar-refractivity contribution in [2.75, 3.05) is 5.75 Å². The van der Waals surface area contributed by atoms with Crippen molar-refractivity contribution in [3.63, 3.8) is 0 Å². The molecule has 0 aliphatic rings. The number of benzene rings is 1. The summed E-state index contributed by atoms with van der Waals surface area (Å²) in [5.74, 6) is 0.106. The third-order valence-electron chi connectivity index (χ3n) is 2.28. The Morgan fingerprint density at radius 2 is 2.18 bits per heavy atom. The molecule has 0 aliphatic heterocycles. The summed E-state index contributed by atoms with van der Waals surface area (Å²) in [5, 5.41) is 11.0. The van der Waals surface area contributed by atoms with Gasteiger partial charge in [0.1, 0.15) is 0 Å². The van der Waals surface area contributed by atoms with E-state index in [0.717, 1.165) is 17.1 Å². The molecule has 2 aromatic rings. The van der Waals surface area contributed by atoms with E-state index in [-0.39, 0.29) is 0 Å². The number of thioether (sulfide) groups is 1. The number of aromatic carboxylic acids is 1. The van der Waals surface area contributed by atoms with E-state index in [1.54, 1.807) is 41.3 Å². The van der Waals surface area contributed by atoms with Gasteiger partial charge in [-0.3, -0.25) is 0 Å². The largest absolute Gasteiger partial charge is 0.478 e. The van der Waals surface area contributed by atoms with E-state index < -0.39 is 5.97 Å². The van der Waals surface area contributed by atoms with E-state index in [0.29, 0.717) is 5.56 Å². The van der Waals surface area contributed by atoms with Crippen molar-refractivity contribution in [1.29, 1.82) is 0 Å². The van der Waals surface area contributed by atoms with Gasteiger partial charge in [0.2, 0.25) is 0 Å². The minimum absolute atomic E-state index is 0.353. The van der Waals surface area contributed by atoms with E-state index in [1.165, 1.54) is 4.88 Å². The number of thiophene rings is 1. The molecule has 0 spiro atoms. The van der Waals surface area contributed by atoms with Crippen molar-refractivity contribution in [3.05, 3.63) is 52.2 Å². The molecule has 1 aromatic heterocycles. The highest BCUT2D eigenvalue weighted by Crippen LogP contribution is 2.21. The third kappa shape index (κ3) is 3.61. The van der Waals surface area contributed by atoms with Crippen LogP contribution in [0.2, 0.25) is 0 Å². The second-order valence-electron chi connectivity index (χ2n) is 3.51. The Morgan fingerprint density at radius 3 is 2.88 bits per heavy atom. The number of hydrogen-bond acceptors (Lipinski definition) is 3. The van der Waals surface area contributed by atoms with Crippen molar-refractivity contribution in [1.82, 2.24) is 0 Å². The van der Waals surface area contributed by atoms with Crippen LogP contribution in [0, 0.1) is 0 Å². The van der Waals surface area contributed by atoms with Crippen LogP contribution in [0.25, 0.3) is 0 Å². The van der Waals surface area contributed by atoms with E-state index in [9.17, 15) is 4.79 Å². The van der Waals surface area contributed by atoms with Crippen LogP contribution in [0.1, 0.15) is 15.2 Å². The average molecular weight is 264 g/mol. The van der Waals surface area contributed by atoms with E-state index in [2.05, 4.69) is 17.5 Å². The normalized spacial score (nSPS) is 10.4. The number of aryl methyl sites for hydroxylation is 1. The van der Waals surface area contributed by atoms with Crippen LogP contribution in [0.15, 0.2) is 46.7 Å². The number of carbonyl (C=O) groups is 1. The minimum Gasteiger partial charge on any atom is -0.478 e. The van der Waals surface area contributed by atoms with Gasteiger partial charge in [-0.05, 0) is 36.1 Å². The average Bonchev–Trinajstić information content (AvgIpc) is 2.82. The van der Waals surface area contributed by atoms with Crippen molar-refractivity contribution < 1.29 is 9.90 Å². The van der Waals surface area contributed by atoms with Crippen LogP contribution in [0.4, 0.5) is 0 Å². The topological polar surface area (TPSA) is 37.3 Å². The molecule has 0 saturated heterocycles. The summed E-state index contributed by atoms with van der Waals surface area (Å²) < 4.78 is 0. The van der Waals surface area contributed by atoms with Crippen LogP contribution in [0.5, 0.6) is 0 Å². The lowest BCUT2D eigenvalue weighted by Gasteiger charge is -2.01. The first-order chi connectivity index (χ1) is 8.25. The molecule has 1 heterocycles. The van der Waals surface area contributed by atoms with Gasteiger partial charge in [-0.1, -0.05) is 12.1 Å². The quantitative estimate of drug-likeness (QED) is 0.835. The molecular weight excluding hydrogens is 252 g/mol. The van der Waals surface area contributed by atoms with Gasteiger partial charge in [0.15, 0.2) is 0 Å². The lowest BCUT2D eigenvalue weighted by atomic mass is 10.2. The fourth-order valence-electron chi connectivity index (χ4n) is 1.44. The molecule has 0 radical (unpaired) electrons. The molecule has 1 aromatic carbocycles. The highest BCUT2D eigenvalue weighted by atomic mass is 32.2. The van der Waals surface area contributed by atoms with E-state index >= 15 is 0 Å². The van der Waals surface area contributed by atoms with Gasteiger partial charge in [0.25, 0.3) is 0 Å². The van der Waals surface area contributed by atoms with E-state index in [1.807, 2.05) is 6.07 Å². The van der Waals surface area contributed by atoms with Crippen LogP contribution >= 0.6 is 23.1 Å². The summed E-state index contributed by atoms with van der Waals surface area (Å²) in [7, 11) is 0. The zero-order valence-electron chi connectivity index (χ0n) is 9.13. The Bertz CT molecular complexity index is 492. The van der Waals surface area contributed by atoms with Crippen LogP contribution in [-0.4, -0.2) is 16.8 Å². The Labute approximate surface area is 108 Å². The van der Waals surface area contributed by atoms with Gasteiger partial charge in [-0.2, -0.15) is 0 Å². The molecular formula is C13H12O2S2. The van der Waals surface area contributed by atoms with Crippen LogP contribution in [0.3, 0.4) is 0 Å². The molecule has 0 bridgehead atoms. The molecule has 0 aliphatic carbocycles. The summed E-state index contributed by atoms with van der Waals surface area (Å²) in [5.41, 5.74) is 0.353. The molecule has 2 nitrogen and oxygen atoms in total. The van der Waals surface area contributed by atoms with Crippen molar-refractivity contribution in [3.8, 4) is 0 Å². The second kappa shape index (κ2) is 5.89. The molecule has 0 amide bonds. The summed E-state index contributed by atoms with van der Waals surface area (Å²) in [6, 6.07) is 11.3. The fraction of sp³-hybridized carbons (Fsp3) is 0.154. The number of carboxylic acids is 1. The highest BCUT2D eigenvalue weighted by molar-refractivity contribution is 7.99.